The summed E-state index contributed by atoms with van der Waals surface area (Å²) in [6.07, 6.45) is 3.04. The van der Waals surface area contributed by atoms with Crippen molar-refractivity contribution in [1.82, 2.24) is 9.88 Å². The van der Waals surface area contributed by atoms with Crippen LogP contribution in [0, 0.1) is 0 Å². The SMILES string of the molecule is CC(N)c1cccnc1N1CCCN(C)CC1C. The molecule has 1 aromatic heterocycles. The molecule has 0 amide bonds. The van der Waals surface area contributed by atoms with Gasteiger partial charge in [0, 0.05) is 36.9 Å². The zero-order chi connectivity index (χ0) is 13.1. The van der Waals surface area contributed by atoms with Crippen LogP contribution in [0.4, 0.5) is 5.82 Å². The number of nitrogens with two attached hydrogens (primary N) is 1. The average Bonchev–Trinajstić information content (AvgIpc) is 2.50. The average molecular weight is 248 g/mol. The molecule has 4 heteroatoms. The number of hydrogen-bond acceptors (Lipinski definition) is 4. The topological polar surface area (TPSA) is 45.4 Å². The van der Waals surface area contributed by atoms with E-state index in [1.165, 1.54) is 6.42 Å². The van der Waals surface area contributed by atoms with Crippen LogP contribution in [0.25, 0.3) is 0 Å². The predicted molar refractivity (Wildman–Crippen MR) is 75.8 cm³/mol. The lowest BCUT2D eigenvalue weighted by Crippen LogP contribution is -2.39. The van der Waals surface area contributed by atoms with Gasteiger partial charge in [0.25, 0.3) is 0 Å². The van der Waals surface area contributed by atoms with Crippen LogP contribution in [0.3, 0.4) is 0 Å². The first-order valence-corrected chi connectivity index (χ1v) is 6.75. The molecule has 4 nitrogen and oxygen atoms in total. The molecule has 100 valence electrons. The molecular weight excluding hydrogens is 224 g/mol. The lowest BCUT2D eigenvalue weighted by molar-refractivity contribution is 0.337. The number of aromatic nitrogens is 1. The van der Waals surface area contributed by atoms with Crippen molar-refractivity contribution in [3.8, 4) is 0 Å². The maximum Gasteiger partial charge on any atom is 0.133 e. The van der Waals surface area contributed by atoms with E-state index < -0.39 is 0 Å². The van der Waals surface area contributed by atoms with Gasteiger partial charge in [0.15, 0.2) is 0 Å². The van der Waals surface area contributed by atoms with Crippen LogP contribution in [-0.2, 0) is 0 Å². The summed E-state index contributed by atoms with van der Waals surface area (Å²) in [6.45, 7) is 7.58. The number of anilines is 1. The summed E-state index contributed by atoms with van der Waals surface area (Å²) in [6, 6.07) is 4.57. The Morgan fingerprint density at radius 1 is 1.44 bits per heavy atom. The maximum absolute atomic E-state index is 6.06. The Kier molecular flexibility index (Phi) is 4.19. The molecule has 2 N–H and O–H groups in total. The first-order chi connectivity index (χ1) is 8.59. The molecule has 1 aliphatic rings. The lowest BCUT2D eigenvalue weighted by atomic mass is 10.1. The molecule has 1 aromatic rings. The van der Waals surface area contributed by atoms with Gasteiger partial charge in [0.2, 0.25) is 0 Å². The second kappa shape index (κ2) is 5.67. The molecule has 2 atom stereocenters. The molecule has 2 heterocycles. The summed E-state index contributed by atoms with van der Waals surface area (Å²) in [5.41, 5.74) is 7.20. The van der Waals surface area contributed by atoms with E-state index >= 15 is 0 Å². The van der Waals surface area contributed by atoms with E-state index in [2.05, 4.69) is 34.8 Å². The van der Waals surface area contributed by atoms with Gasteiger partial charge in [-0.25, -0.2) is 4.98 Å². The van der Waals surface area contributed by atoms with Gasteiger partial charge >= 0.3 is 0 Å². The first-order valence-electron chi connectivity index (χ1n) is 6.75. The van der Waals surface area contributed by atoms with Gasteiger partial charge in [0.1, 0.15) is 5.82 Å². The highest BCUT2D eigenvalue weighted by atomic mass is 15.3. The molecule has 2 unspecified atom stereocenters. The minimum Gasteiger partial charge on any atom is -0.352 e. The summed E-state index contributed by atoms with van der Waals surface area (Å²) >= 11 is 0. The second-order valence-corrected chi connectivity index (χ2v) is 5.36. The minimum absolute atomic E-state index is 0.0295. The lowest BCUT2D eigenvalue weighted by Gasteiger charge is -2.31. The van der Waals surface area contributed by atoms with E-state index in [0.29, 0.717) is 6.04 Å². The molecule has 0 bridgehead atoms. The summed E-state index contributed by atoms with van der Waals surface area (Å²) < 4.78 is 0. The summed E-state index contributed by atoms with van der Waals surface area (Å²) in [5.74, 6) is 1.07. The zero-order valence-corrected chi connectivity index (χ0v) is 11.6. The van der Waals surface area contributed by atoms with Crippen molar-refractivity contribution in [2.45, 2.75) is 32.4 Å². The van der Waals surface area contributed by atoms with Gasteiger partial charge in [-0.1, -0.05) is 6.07 Å². The van der Waals surface area contributed by atoms with Gasteiger partial charge in [-0.15, -0.1) is 0 Å². The third-order valence-electron chi connectivity index (χ3n) is 3.63. The number of likely N-dealkylation sites (N-methyl/N-ethyl adjacent to an activating group) is 1. The Morgan fingerprint density at radius 2 is 2.22 bits per heavy atom. The van der Waals surface area contributed by atoms with Gasteiger partial charge in [0.05, 0.1) is 0 Å². The Bertz CT molecular complexity index is 391. The number of rotatable bonds is 2. The predicted octanol–water partition coefficient (Wildman–Crippen LogP) is 1.63. The highest BCUT2D eigenvalue weighted by Crippen LogP contribution is 2.25. The van der Waals surface area contributed by atoms with E-state index in [-0.39, 0.29) is 6.04 Å². The van der Waals surface area contributed by atoms with Gasteiger partial charge in [-0.3, -0.25) is 0 Å². The molecular formula is C14H24N4. The fourth-order valence-corrected chi connectivity index (χ4v) is 2.69. The fraction of sp³-hybridized carbons (Fsp3) is 0.643. The highest BCUT2D eigenvalue weighted by molar-refractivity contribution is 5.49. The molecule has 1 fully saturated rings. The Morgan fingerprint density at radius 3 is 2.94 bits per heavy atom. The van der Waals surface area contributed by atoms with E-state index in [1.807, 2.05) is 19.2 Å². The zero-order valence-electron chi connectivity index (χ0n) is 11.6. The van der Waals surface area contributed by atoms with Crippen molar-refractivity contribution >= 4 is 5.82 Å². The summed E-state index contributed by atoms with van der Waals surface area (Å²) in [4.78, 5) is 9.36. The van der Waals surface area contributed by atoms with Crippen LogP contribution in [0.2, 0.25) is 0 Å². The number of nitrogens with zero attached hydrogens (tertiary/aromatic N) is 3. The van der Waals surface area contributed by atoms with Gasteiger partial charge < -0.3 is 15.5 Å². The third kappa shape index (κ3) is 2.82. The molecule has 1 aliphatic heterocycles. The molecule has 2 rings (SSSR count). The van der Waals surface area contributed by atoms with Crippen LogP contribution < -0.4 is 10.6 Å². The molecule has 18 heavy (non-hydrogen) atoms. The quantitative estimate of drug-likeness (QED) is 0.864. The molecule has 0 aromatic carbocycles. The molecule has 0 radical (unpaired) electrons. The van der Waals surface area contributed by atoms with Crippen LogP contribution in [-0.4, -0.2) is 42.6 Å². The monoisotopic (exact) mass is 248 g/mol. The second-order valence-electron chi connectivity index (χ2n) is 5.36. The molecule has 0 saturated carbocycles. The first kappa shape index (κ1) is 13.3. The Labute approximate surface area is 110 Å². The van der Waals surface area contributed by atoms with Crippen molar-refractivity contribution < 1.29 is 0 Å². The Hall–Kier alpha value is -1.13. The van der Waals surface area contributed by atoms with Crippen LogP contribution in [0.15, 0.2) is 18.3 Å². The normalized spacial score (nSPS) is 23.8. The molecule has 0 spiro atoms. The van der Waals surface area contributed by atoms with E-state index in [4.69, 9.17) is 5.73 Å². The molecule has 1 saturated heterocycles. The van der Waals surface area contributed by atoms with Crippen LogP contribution >= 0.6 is 0 Å². The smallest absolute Gasteiger partial charge is 0.133 e. The van der Waals surface area contributed by atoms with Crippen molar-refractivity contribution in [3.63, 3.8) is 0 Å². The van der Waals surface area contributed by atoms with Crippen molar-refractivity contribution in [1.29, 1.82) is 0 Å². The highest BCUT2D eigenvalue weighted by Gasteiger charge is 2.23. The summed E-state index contributed by atoms with van der Waals surface area (Å²) in [5, 5.41) is 0. The van der Waals surface area contributed by atoms with E-state index in [1.54, 1.807) is 0 Å². The Balaban J connectivity index is 2.29. The third-order valence-corrected chi connectivity index (χ3v) is 3.63. The fourth-order valence-electron chi connectivity index (χ4n) is 2.69. The number of pyridine rings is 1. The number of hydrogen-bond donors (Lipinski definition) is 1. The van der Waals surface area contributed by atoms with E-state index in [0.717, 1.165) is 31.0 Å². The largest absolute Gasteiger partial charge is 0.352 e. The van der Waals surface area contributed by atoms with Crippen molar-refractivity contribution in [2.24, 2.45) is 5.73 Å². The van der Waals surface area contributed by atoms with Gasteiger partial charge in [-0.2, -0.15) is 0 Å². The van der Waals surface area contributed by atoms with Crippen molar-refractivity contribution in [2.75, 3.05) is 31.6 Å². The van der Waals surface area contributed by atoms with E-state index in [9.17, 15) is 0 Å². The standard InChI is InChI=1S/C14H24N4/c1-11-10-17(3)8-5-9-18(11)14-13(12(2)15)6-4-7-16-14/h4,6-7,11-12H,5,8-10,15H2,1-3H3. The summed E-state index contributed by atoms with van der Waals surface area (Å²) in [7, 11) is 2.19. The van der Waals surface area contributed by atoms with Crippen LogP contribution in [0.5, 0.6) is 0 Å². The van der Waals surface area contributed by atoms with Crippen molar-refractivity contribution in [3.05, 3.63) is 23.9 Å². The molecule has 0 aliphatic carbocycles. The maximum atomic E-state index is 6.06. The van der Waals surface area contributed by atoms with Crippen LogP contribution in [0.1, 0.15) is 31.9 Å². The minimum atomic E-state index is 0.0295. The van der Waals surface area contributed by atoms with Gasteiger partial charge in [-0.05, 0) is 39.9 Å².